The van der Waals surface area contributed by atoms with Crippen molar-refractivity contribution in [2.75, 3.05) is 12.9 Å². The smallest absolute Gasteiger partial charge is 0.147 e. The first-order chi connectivity index (χ1) is 10.7. The molecular formula is C15H12N4OS2. The summed E-state index contributed by atoms with van der Waals surface area (Å²) in [6, 6.07) is 9.81. The first-order valence-corrected chi connectivity index (χ1v) is 8.31. The zero-order valence-electron chi connectivity index (χ0n) is 12.0. The second-order valence-corrected chi connectivity index (χ2v) is 6.61. The van der Waals surface area contributed by atoms with Gasteiger partial charge in [0.1, 0.15) is 22.0 Å². The third-order valence-electron chi connectivity index (χ3n) is 3.03. The Hall–Kier alpha value is -2.17. The molecule has 0 saturated heterocycles. The lowest BCUT2D eigenvalue weighted by molar-refractivity contribution is 0.415. The highest BCUT2D eigenvalue weighted by atomic mass is 32.2. The summed E-state index contributed by atoms with van der Waals surface area (Å²) in [6.45, 7) is 1.96. The summed E-state index contributed by atoms with van der Waals surface area (Å²) >= 11 is 2.95. The van der Waals surface area contributed by atoms with Gasteiger partial charge in [0.25, 0.3) is 0 Å². The van der Waals surface area contributed by atoms with Crippen molar-refractivity contribution >= 4 is 33.3 Å². The summed E-state index contributed by atoms with van der Waals surface area (Å²) in [7, 11) is 1.64. The summed E-state index contributed by atoms with van der Waals surface area (Å²) < 4.78 is 6.18. The van der Waals surface area contributed by atoms with Crippen LogP contribution in [-0.2, 0) is 0 Å². The Morgan fingerprint density at radius 3 is 2.73 bits per heavy atom. The van der Waals surface area contributed by atoms with E-state index >= 15 is 0 Å². The molecule has 0 aliphatic rings. The predicted octanol–water partition coefficient (Wildman–Crippen LogP) is 3.69. The number of hydrogen-bond acceptors (Lipinski definition) is 7. The number of benzene rings is 1. The molecule has 2 heterocycles. The fraction of sp³-hybridized carbons (Fsp3) is 0.200. The SMILES string of the molecule is COc1ccc(-c2nnc(SCC#N)c3nc(C)sc23)cc1. The van der Waals surface area contributed by atoms with E-state index in [1.165, 1.54) is 11.8 Å². The molecule has 110 valence electrons. The molecule has 22 heavy (non-hydrogen) atoms. The summed E-state index contributed by atoms with van der Waals surface area (Å²) in [5, 5.41) is 19.0. The zero-order chi connectivity index (χ0) is 15.5. The van der Waals surface area contributed by atoms with E-state index in [-0.39, 0.29) is 0 Å². The second kappa shape index (κ2) is 6.30. The highest BCUT2D eigenvalue weighted by Crippen LogP contribution is 2.35. The number of nitriles is 1. The van der Waals surface area contributed by atoms with Crippen molar-refractivity contribution in [2.45, 2.75) is 11.9 Å². The third-order valence-corrected chi connectivity index (χ3v) is 4.83. The molecule has 0 spiro atoms. The van der Waals surface area contributed by atoms with Gasteiger partial charge < -0.3 is 4.74 Å². The average Bonchev–Trinajstić information content (AvgIpc) is 2.94. The topological polar surface area (TPSA) is 71.7 Å². The first kappa shape index (κ1) is 14.8. The molecule has 0 unspecified atom stereocenters. The van der Waals surface area contributed by atoms with Crippen LogP contribution in [0.4, 0.5) is 0 Å². The normalized spacial score (nSPS) is 10.6. The summed E-state index contributed by atoms with van der Waals surface area (Å²) in [4.78, 5) is 4.55. The maximum atomic E-state index is 8.74. The minimum absolute atomic E-state index is 0.336. The molecule has 3 rings (SSSR count). The number of methoxy groups -OCH3 is 1. The molecule has 0 amide bonds. The Bertz CT molecular complexity index is 852. The van der Waals surface area contributed by atoms with Crippen molar-refractivity contribution in [2.24, 2.45) is 0 Å². The minimum Gasteiger partial charge on any atom is -0.497 e. The summed E-state index contributed by atoms with van der Waals surface area (Å²) in [6.07, 6.45) is 0. The van der Waals surface area contributed by atoms with Crippen molar-refractivity contribution in [3.63, 3.8) is 0 Å². The molecule has 5 nitrogen and oxygen atoms in total. The van der Waals surface area contributed by atoms with Crippen LogP contribution in [0, 0.1) is 18.3 Å². The van der Waals surface area contributed by atoms with Crippen LogP contribution in [0.25, 0.3) is 21.5 Å². The van der Waals surface area contributed by atoms with Gasteiger partial charge in [0.15, 0.2) is 0 Å². The number of thiazole rings is 1. The predicted molar refractivity (Wildman–Crippen MR) is 88.3 cm³/mol. The Morgan fingerprint density at radius 2 is 2.05 bits per heavy atom. The van der Waals surface area contributed by atoms with Crippen LogP contribution >= 0.6 is 23.1 Å². The van der Waals surface area contributed by atoms with Crippen LogP contribution in [-0.4, -0.2) is 28.0 Å². The maximum Gasteiger partial charge on any atom is 0.147 e. The number of aromatic nitrogens is 3. The highest BCUT2D eigenvalue weighted by molar-refractivity contribution is 7.99. The fourth-order valence-corrected chi connectivity index (χ4v) is 3.63. The Kier molecular flexibility index (Phi) is 4.22. The van der Waals surface area contributed by atoms with E-state index in [9.17, 15) is 0 Å². The fourth-order valence-electron chi connectivity index (χ4n) is 2.06. The molecule has 0 aliphatic carbocycles. The molecule has 2 aromatic heterocycles. The average molecular weight is 328 g/mol. The van der Waals surface area contributed by atoms with Gasteiger partial charge in [-0.15, -0.1) is 21.5 Å². The quantitative estimate of drug-likeness (QED) is 0.680. The lowest BCUT2D eigenvalue weighted by Crippen LogP contribution is -1.93. The van der Waals surface area contributed by atoms with E-state index in [0.29, 0.717) is 10.8 Å². The van der Waals surface area contributed by atoms with E-state index < -0.39 is 0 Å². The molecule has 0 saturated carbocycles. The van der Waals surface area contributed by atoms with Crippen LogP contribution in [0.5, 0.6) is 5.75 Å². The number of ether oxygens (including phenoxy) is 1. The van der Waals surface area contributed by atoms with Gasteiger partial charge in [0, 0.05) is 5.56 Å². The van der Waals surface area contributed by atoms with Crippen molar-refractivity contribution in [1.29, 1.82) is 5.26 Å². The monoisotopic (exact) mass is 328 g/mol. The van der Waals surface area contributed by atoms with Crippen molar-refractivity contribution in [3.8, 4) is 23.1 Å². The molecule has 0 aliphatic heterocycles. The van der Waals surface area contributed by atoms with Gasteiger partial charge in [-0.25, -0.2) is 4.98 Å². The van der Waals surface area contributed by atoms with E-state index in [4.69, 9.17) is 10.00 Å². The van der Waals surface area contributed by atoms with Gasteiger partial charge in [0.05, 0.1) is 28.6 Å². The Morgan fingerprint density at radius 1 is 1.27 bits per heavy atom. The molecule has 0 radical (unpaired) electrons. The number of aryl methyl sites for hydroxylation is 1. The molecule has 0 atom stereocenters. The number of hydrogen-bond donors (Lipinski definition) is 0. The Balaban J connectivity index is 2.12. The largest absolute Gasteiger partial charge is 0.497 e. The van der Waals surface area contributed by atoms with Gasteiger partial charge in [-0.3, -0.25) is 0 Å². The van der Waals surface area contributed by atoms with E-state index in [1.807, 2.05) is 31.2 Å². The lowest BCUT2D eigenvalue weighted by atomic mass is 10.1. The lowest BCUT2D eigenvalue weighted by Gasteiger charge is -2.05. The van der Waals surface area contributed by atoms with Crippen LogP contribution in [0.15, 0.2) is 29.3 Å². The molecule has 0 fully saturated rings. The van der Waals surface area contributed by atoms with Crippen LogP contribution in [0.1, 0.15) is 5.01 Å². The number of thioether (sulfide) groups is 1. The van der Waals surface area contributed by atoms with Gasteiger partial charge >= 0.3 is 0 Å². The van der Waals surface area contributed by atoms with E-state index in [0.717, 1.165) is 32.2 Å². The first-order valence-electron chi connectivity index (χ1n) is 6.51. The van der Waals surface area contributed by atoms with Gasteiger partial charge in [0.2, 0.25) is 0 Å². The van der Waals surface area contributed by atoms with Gasteiger partial charge in [-0.05, 0) is 31.2 Å². The Labute approximate surface area is 136 Å². The molecule has 0 bridgehead atoms. The second-order valence-electron chi connectivity index (χ2n) is 4.44. The zero-order valence-corrected chi connectivity index (χ0v) is 13.7. The van der Waals surface area contributed by atoms with Crippen molar-refractivity contribution in [1.82, 2.24) is 15.2 Å². The molecule has 0 N–H and O–H groups in total. The highest BCUT2D eigenvalue weighted by Gasteiger charge is 2.15. The van der Waals surface area contributed by atoms with Gasteiger partial charge in [-0.1, -0.05) is 11.8 Å². The van der Waals surface area contributed by atoms with E-state index in [2.05, 4.69) is 21.3 Å². The van der Waals surface area contributed by atoms with Crippen LogP contribution < -0.4 is 4.74 Å². The molecule has 7 heteroatoms. The standard InChI is InChI=1S/C15H12N4OS2/c1-9-17-13-14(22-9)12(18-19-15(13)21-8-7-16)10-3-5-11(20-2)6-4-10/h3-6H,8H2,1-2H3. The molecular weight excluding hydrogens is 316 g/mol. The van der Waals surface area contributed by atoms with Crippen LogP contribution in [0.2, 0.25) is 0 Å². The number of rotatable bonds is 4. The van der Waals surface area contributed by atoms with Crippen molar-refractivity contribution in [3.05, 3.63) is 29.3 Å². The third kappa shape index (κ3) is 2.75. The number of fused-ring (bicyclic) bond motifs is 1. The summed E-state index contributed by atoms with van der Waals surface area (Å²) in [5.74, 6) is 1.14. The van der Waals surface area contributed by atoms with E-state index in [1.54, 1.807) is 18.4 Å². The molecule has 1 aromatic carbocycles. The maximum absolute atomic E-state index is 8.74. The number of nitrogens with zero attached hydrogens (tertiary/aromatic N) is 4. The minimum atomic E-state index is 0.336. The van der Waals surface area contributed by atoms with Crippen LogP contribution in [0.3, 0.4) is 0 Å². The molecule has 3 aromatic rings. The van der Waals surface area contributed by atoms with Crippen molar-refractivity contribution < 1.29 is 4.74 Å². The van der Waals surface area contributed by atoms with Gasteiger partial charge in [-0.2, -0.15) is 5.26 Å². The summed E-state index contributed by atoms with van der Waals surface area (Å²) in [5.41, 5.74) is 2.60.